The van der Waals surface area contributed by atoms with Crippen molar-refractivity contribution in [1.29, 1.82) is 0 Å². The monoisotopic (exact) mass is 251 g/mol. The lowest BCUT2D eigenvalue weighted by Crippen LogP contribution is -2.26. The summed E-state index contributed by atoms with van der Waals surface area (Å²) in [5.41, 5.74) is 1.73. The van der Waals surface area contributed by atoms with Crippen LogP contribution < -0.4 is 4.90 Å². The molecule has 0 amide bonds. The number of ketones is 1. The van der Waals surface area contributed by atoms with E-state index < -0.39 is 0 Å². The van der Waals surface area contributed by atoms with Crippen LogP contribution in [0.15, 0.2) is 18.2 Å². The fourth-order valence-electron chi connectivity index (χ4n) is 2.59. The van der Waals surface area contributed by atoms with Gasteiger partial charge in [0, 0.05) is 18.2 Å². The molecule has 1 fully saturated rings. The van der Waals surface area contributed by atoms with Gasteiger partial charge in [0.25, 0.3) is 0 Å². The molecule has 0 saturated carbocycles. The van der Waals surface area contributed by atoms with Gasteiger partial charge in [0.2, 0.25) is 0 Å². The molecule has 1 aliphatic heterocycles. The van der Waals surface area contributed by atoms with E-state index in [1.807, 2.05) is 12.1 Å². The van der Waals surface area contributed by atoms with E-state index in [1.165, 1.54) is 6.42 Å². The second-order valence-electron chi connectivity index (χ2n) is 5.06. The molecule has 0 bridgehead atoms. The van der Waals surface area contributed by atoms with E-state index >= 15 is 0 Å². The van der Waals surface area contributed by atoms with Gasteiger partial charge >= 0.3 is 0 Å². The molecule has 0 N–H and O–H groups in total. The van der Waals surface area contributed by atoms with Gasteiger partial charge in [-0.1, -0.05) is 18.5 Å². The topological polar surface area (TPSA) is 20.3 Å². The normalized spacial score (nSPS) is 24.1. The van der Waals surface area contributed by atoms with Crippen LogP contribution in [0.3, 0.4) is 0 Å². The first-order valence-corrected chi connectivity index (χ1v) is 6.44. The Morgan fingerprint density at radius 2 is 2.12 bits per heavy atom. The summed E-state index contributed by atoms with van der Waals surface area (Å²) in [4.78, 5) is 13.6. The third-order valence-corrected chi connectivity index (χ3v) is 3.75. The Hall–Kier alpha value is -1.02. The van der Waals surface area contributed by atoms with Gasteiger partial charge in [-0.05, 0) is 44.4 Å². The molecule has 2 rings (SSSR count). The molecule has 1 aromatic rings. The van der Waals surface area contributed by atoms with Gasteiger partial charge in [-0.2, -0.15) is 0 Å². The number of carbonyl (C=O) groups excluding carboxylic acids is 1. The van der Waals surface area contributed by atoms with Crippen LogP contribution >= 0.6 is 11.6 Å². The smallest absolute Gasteiger partial charge is 0.159 e. The molecule has 0 aliphatic carbocycles. The van der Waals surface area contributed by atoms with Crippen molar-refractivity contribution in [1.82, 2.24) is 0 Å². The predicted molar refractivity (Wildman–Crippen MR) is 72.0 cm³/mol. The quantitative estimate of drug-likeness (QED) is 0.746. The van der Waals surface area contributed by atoms with Crippen molar-refractivity contribution >= 4 is 23.1 Å². The Bertz CT molecular complexity index is 444. The Morgan fingerprint density at radius 1 is 1.41 bits per heavy atom. The largest absolute Gasteiger partial charge is 0.367 e. The number of carbonyl (C=O) groups is 1. The number of benzene rings is 1. The van der Waals surface area contributed by atoms with E-state index in [4.69, 9.17) is 11.6 Å². The zero-order chi connectivity index (χ0) is 12.6. The van der Waals surface area contributed by atoms with Gasteiger partial charge < -0.3 is 4.90 Å². The maximum absolute atomic E-state index is 11.3. The minimum absolute atomic E-state index is 0.0567. The fourth-order valence-corrected chi connectivity index (χ4v) is 2.88. The molecule has 0 aromatic heterocycles. The Morgan fingerprint density at radius 3 is 2.59 bits per heavy atom. The molecule has 17 heavy (non-hydrogen) atoms. The molecule has 0 radical (unpaired) electrons. The van der Waals surface area contributed by atoms with Crippen molar-refractivity contribution in [2.24, 2.45) is 5.92 Å². The minimum Gasteiger partial charge on any atom is -0.367 e. The molecule has 2 unspecified atom stereocenters. The Balaban J connectivity index is 2.31. The van der Waals surface area contributed by atoms with E-state index in [2.05, 4.69) is 18.7 Å². The molecule has 92 valence electrons. The van der Waals surface area contributed by atoms with Crippen molar-refractivity contribution in [3.63, 3.8) is 0 Å². The van der Waals surface area contributed by atoms with Crippen LogP contribution in [0.5, 0.6) is 0 Å². The molecule has 2 nitrogen and oxygen atoms in total. The Labute approximate surface area is 108 Å². The highest BCUT2D eigenvalue weighted by atomic mass is 35.5. The summed E-state index contributed by atoms with van der Waals surface area (Å²) in [5, 5.41) is 0.679. The first-order chi connectivity index (χ1) is 7.99. The van der Waals surface area contributed by atoms with Gasteiger partial charge in [-0.25, -0.2) is 0 Å². The first kappa shape index (κ1) is 12.4. The summed E-state index contributed by atoms with van der Waals surface area (Å²) in [7, 11) is 0. The average molecular weight is 252 g/mol. The molecule has 2 atom stereocenters. The molecule has 1 aromatic carbocycles. The van der Waals surface area contributed by atoms with E-state index in [0.717, 1.165) is 12.2 Å². The second kappa shape index (κ2) is 4.69. The highest BCUT2D eigenvalue weighted by molar-refractivity contribution is 6.33. The lowest BCUT2D eigenvalue weighted by molar-refractivity contribution is 0.101. The van der Waals surface area contributed by atoms with Gasteiger partial charge in [0.1, 0.15) is 0 Å². The van der Waals surface area contributed by atoms with Crippen LogP contribution in [0.4, 0.5) is 5.69 Å². The van der Waals surface area contributed by atoms with E-state index in [-0.39, 0.29) is 5.78 Å². The maximum Gasteiger partial charge on any atom is 0.159 e. The summed E-state index contributed by atoms with van der Waals surface area (Å²) in [6.45, 7) is 7.08. The van der Waals surface area contributed by atoms with Gasteiger partial charge in [-0.3, -0.25) is 4.79 Å². The average Bonchev–Trinajstić information content (AvgIpc) is 2.57. The van der Waals surface area contributed by atoms with E-state index in [0.29, 0.717) is 22.5 Å². The molecule has 3 heteroatoms. The second-order valence-corrected chi connectivity index (χ2v) is 5.47. The lowest BCUT2D eigenvalue weighted by atomic mass is 10.1. The van der Waals surface area contributed by atoms with Gasteiger partial charge in [-0.15, -0.1) is 0 Å². The van der Waals surface area contributed by atoms with E-state index in [1.54, 1.807) is 13.0 Å². The standard InChI is InChI=1S/C14H18ClNO/c1-9-6-10(2)16(8-9)14-5-4-12(11(3)17)7-13(14)15/h4-5,7,9-10H,6,8H2,1-3H3. The van der Waals surface area contributed by atoms with Crippen molar-refractivity contribution in [2.45, 2.75) is 33.2 Å². The summed E-state index contributed by atoms with van der Waals surface area (Å²) in [6.07, 6.45) is 1.20. The van der Waals surface area contributed by atoms with Crippen molar-refractivity contribution in [3.05, 3.63) is 28.8 Å². The third-order valence-electron chi connectivity index (χ3n) is 3.45. The fraction of sp³-hybridized carbons (Fsp3) is 0.500. The zero-order valence-electron chi connectivity index (χ0n) is 10.5. The highest BCUT2D eigenvalue weighted by Gasteiger charge is 2.27. The van der Waals surface area contributed by atoms with Crippen LogP contribution in [-0.4, -0.2) is 18.4 Å². The first-order valence-electron chi connectivity index (χ1n) is 6.06. The number of Topliss-reactive ketones (excluding diaryl/α,β-unsaturated/α-hetero) is 1. The van der Waals surface area contributed by atoms with Crippen LogP contribution in [-0.2, 0) is 0 Å². The molecule has 0 spiro atoms. The van der Waals surface area contributed by atoms with Crippen molar-refractivity contribution in [2.75, 3.05) is 11.4 Å². The van der Waals surface area contributed by atoms with Crippen LogP contribution in [0.2, 0.25) is 5.02 Å². The van der Waals surface area contributed by atoms with Gasteiger partial charge in [0.15, 0.2) is 5.78 Å². The molecular weight excluding hydrogens is 234 g/mol. The SMILES string of the molecule is CC(=O)c1ccc(N2CC(C)CC2C)c(Cl)c1. The predicted octanol–water partition coefficient (Wildman–Crippen LogP) is 3.78. The summed E-state index contributed by atoms with van der Waals surface area (Å²) >= 11 is 6.27. The van der Waals surface area contributed by atoms with Crippen LogP contribution in [0.25, 0.3) is 0 Å². The highest BCUT2D eigenvalue weighted by Crippen LogP contribution is 2.34. The van der Waals surface area contributed by atoms with Gasteiger partial charge in [0.05, 0.1) is 10.7 Å². The number of hydrogen-bond acceptors (Lipinski definition) is 2. The summed E-state index contributed by atoms with van der Waals surface area (Å²) < 4.78 is 0. The number of anilines is 1. The number of hydrogen-bond donors (Lipinski definition) is 0. The van der Waals surface area contributed by atoms with Crippen molar-refractivity contribution < 1.29 is 4.79 Å². The Kier molecular flexibility index (Phi) is 3.43. The summed E-state index contributed by atoms with van der Waals surface area (Å²) in [5.74, 6) is 0.759. The van der Waals surface area contributed by atoms with Crippen molar-refractivity contribution in [3.8, 4) is 0 Å². The molecule has 1 heterocycles. The van der Waals surface area contributed by atoms with E-state index in [9.17, 15) is 4.79 Å². The number of nitrogens with zero attached hydrogens (tertiary/aromatic N) is 1. The number of rotatable bonds is 2. The summed E-state index contributed by atoms with van der Waals surface area (Å²) in [6, 6.07) is 6.12. The third kappa shape index (κ3) is 2.47. The lowest BCUT2D eigenvalue weighted by Gasteiger charge is -2.25. The zero-order valence-corrected chi connectivity index (χ0v) is 11.3. The maximum atomic E-state index is 11.3. The minimum atomic E-state index is 0.0567. The molecular formula is C14H18ClNO. The molecule has 1 aliphatic rings. The number of halogens is 1. The van der Waals surface area contributed by atoms with Crippen LogP contribution in [0, 0.1) is 5.92 Å². The van der Waals surface area contributed by atoms with Crippen LogP contribution in [0.1, 0.15) is 37.6 Å². The molecule has 1 saturated heterocycles.